The molecule has 4 aromatic rings. The van der Waals surface area contributed by atoms with E-state index < -0.39 is 0 Å². The molecule has 3 aromatic heterocycles. The highest BCUT2D eigenvalue weighted by Crippen LogP contribution is 2.27. The molecule has 0 aliphatic carbocycles. The first-order chi connectivity index (χ1) is 14.2. The molecule has 2 N–H and O–H groups in total. The van der Waals surface area contributed by atoms with Gasteiger partial charge in [-0.2, -0.15) is 5.10 Å². The first kappa shape index (κ1) is 19.4. The first-order valence-corrected chi connectivity index (χ1v) is 10.1. The summed E-state index contributed by atoms with van der Waals surface area (Å²) >= 11 is 7.57. The van der Waals surface area contributed by atoms with E-state index in [0.717, 1.165) is 22.4 Å². The van der Waals surface area contributed by atoms with Gasteiger partial charge >= 0.3 is 0 Å². The van der Waals surface area contributed by atoms with Crippen molar-refractivity contribution in [2.24, 2.45) is 0 Å². The maximum Gasteiger partial charge on any atom is 0.261 e. The molecule has 0 aliphatic heterocycles. The van der Waals surface area contributed by atoms with Crippen LogP contribution in [0.2, 0.25) is 5.02 Å². The summed E-state index contributed by atoms with van der Waals surface area (Å²) in [6.45, 7) is 0.943. The zero-order chi connectivity index (χ0) is 20.2. The molecule has 3 heterocycles. The number of nitrogens with zero attached hydrogens (tertiary/aromatic N) is 3. The number of ether oxygens (including phenoxy) is 1. The number of fused-ring (bicyclic) bond motifs is 1. The largest absolute Gasteiger partial charge is 0.383 e. The Labute approximate surface area is 176 Å². The monoisotopic (exact) mass is 427 g/mol. The fraction of sp³-hybridized carbons (Fsp3) is 0.150. The second-order valence-corrected chi connectivity index (χ2v) is 7.53. The number of hydrogen-bond acceptors (Lipinski definition) is 6. The van der Waals surface area contributed by atoms with Crippen LogP contribution < -0.4 is 10.6 Å². The van der Waals surface area contributed by atoms with Crippen LogP contribution in [0.5, 0.6) is 0 Å². The van der Waals surface area contributed by atoms with Crippen LogP contribution in [0.25, 0.3) is 16.7 Å². The van der Waals surface area contributed by atoms with E-state index in [4.69, 9.17) is 16.3 Å². The van der Waals surface area contributed by atoms with Crippen molar-refractivity contribution in [2.45, 2.75) is 0 Å². The van der Waals surface area contributed by atoms with Gasteiger partial charge in [0.1, 0.15) is 0 Å². The van der Waals surface area contributed by atoms with Gasteiger partial charge in [-0.25, -0.2) is 9.67 Å². The SMILES string of the molecule is COCCNC(=O)c1cc(-n2ncc3cc(Nc4ccccc4Cl)cnc32)cs1. The molecule has 0 saturated heterocycles. The average molecular weight is 428 g/mol. The van der Waals surface area contributed by atoms with Crippen molar-refractivity contribution >= 4 is 51.3 Å². The van der Waals surface area contributed by atoms with Crippen LogP contribution in [0.3, 0.4) is 0 Å². The number of methoxy groups -OCH3 is 1. The van der Waals surface area contributed by atoms with Crippen LogP contribution >= 0.6 is 22.9 Å². The molecule has 4 rings (SSSR count). The number of nitrogens with one attached hydrogen (secondary N) is 2. The number of halogens is 1. The summed E-state index contributed by atoms with van der Waals surface area (Å²) in [6, 6.07) is 11.3. The zero-order valence-electron chi connectivity index (χ0n) is 15.6. The Morgan fingerprint density at radius 3 is 2.97 bits per heavy atom. The van der Waals surface area contributed by atoms with Crippen molar-refractivity contribution in [1.29, 1.82) is 0 Å². The molecule has 0 radical (unpaired) electrons. The first-order valence-electron chi connectivity index (χ1n) is 8.87. The highest BCUT2D eigenvalue weighted by molar-refractivity contribution is 7.12. The molecule has 0 fully saturated rings. The smallest absolute Gasteiger partial charge is 0.261 e. The maximum absolute atomic E-state index is 12.2. The zero-order valence-corrected chi connectivity index (χ0v) is 17.1. The van der Waals surface area contributed by atoms with E-state index in [0.29, 0.717) is 28.7 Å². The third-order valence-corrected chi connectivity index (χ3v) is 5.45. The molecular weight excluding hydrogens is 410 g/mol. The van der Waals surface area contributed by atoms with Gasteiger partial charge in [0.05, 0.1) is 46.0 Å². The molecule has 7 nitrogen and oxygen atoms in total. The number of benzene rings is 1. The minimum absolute atomic E-state index is 0.131. The van der Waals surface area contributed by atoms with Gasteiger partial charge in [0.15, 0.2) is 5.65 Å². The molecule has 0 aliphatic rings. The number of pyridine rings is 1. The van der Waals surface area contributed by atoms with Gasteiger partial charge in [-0.1, -0.05) is 23.7 Å². The van der Waals surface area contributed by atoms with Gasteiger partial charge in [0, 0.05) is 24.4 Å². The van der Waals surface area contributed by atoms with Gasteiger partial charge in [-0.15, -0.1) is 11.3 Å². The van der Waals surface area contributed by atoms with E-state index in [9.17, 15) is 4.79 Å². The number of hydrogen-bond donors (Lipinski definition) is 2. The third-order valence-electron chi connectivity index (χ3n) is 4.21. The minimum Gasteiger partial charge on any atom is -0.383 e. The number of amides is 1. The van der Waals surface area contributed by atoms with E-state index >= 15 is 0 Å². The highest BCUT2D eigenvalue weighted by atomic mass is 35.5. The van der Waals surface area contributed by atoms with Crippen molar-refractivity contribution in [1.82, 2.24) is 20.1 Å². The predicted molar refractivity (Wildman–Crippen MR) is 116 cm³/mol. The Bertz CT molecular complexity index is 1160. The number of rotatable bonds is 7. The fourth-order valence-electron chi connectivity index (χ4n) is 2.81. The molecule has 0 saturated carbocycles. The van der Waals surface area contributed by atoms with E-state index in [1.807, 2.05) is 35.7 Å². The van der Waals surface area contributed by atoms with Gasteiger partial charge in [-0.05, 0) is 24.3 Å². The predicted octanol–water partition coefficient (Wildman–Crippen LogP) is 4.26. The Morgan fingerprint density at radius 1 is 1.28 bits per heavy atom. The summed E-state index contributed by atoms with van der Waals surface area (Å²) in [6.07, 6.45) is 3.48. The lowest BCUT2D eigenvalue weighted by molar-refractivity contribution is 0.0941. The molecule has 0 unspecified atom stereocenters. The van der Waals surface area contributed by atoms with Crippen molar-refractivity contribution in [3.05, 3.63) is 64.1 Å². The van der Waals surface area contributed by atoms with Gasteiger partial charge < -0.3 is 15.4 Å². The fourth-order valence-corrected chi connectivity index (χ4v) is 3.77. The summed E-state index contributed by atoms with van der Waals surface area (Å²) in [4.78, 5) is 17.3. The quantitative estimate of drug-likeness (QED) is 0.431. The molecule has 148 valence electrons. The number of carbonyl (C=O) groups is 1. The Kier molecular flexibility index (Phi) is 5.75. The van der Waals surface area contributed by atoms with Crippen molar-refractivity contribution in [3.63, 3.8) is 0 Å². The van der Waals surface area contributed by atoms with Crippen LogP contribution in [0, 0.1) is 0 Å². The number of thiophene rings is 1. The van der Waals surface area contributed by atoms with Gasteiger partial charge in [0.25, 0.3) is 5.91 Å². The molecule has 1 aromatic carbocycles. The van der Waals surface area contributed by atoms with Gasteiger partial charge in [0.2, 0.25) is 0 Å². The summed E-state index contributed by atoms with van der Waals surface area (Å²) in [5.41, 5.74) is 3.12. The Hall–Kier alpha value is -2.94. The van der Waals surface area contributed by atoms with Crippen molar-refractivity contribution in [2.75, 3.05) is 25.6 Å². The molecule has 9 heteroatoms. The number of anilines is 2. The van der Waals surface area contributed by atoms with Crippen LogP contribution in [-0.4, -0.2) is 40.9 Å². The second-order valence-electron chi connectivity index (χ2n) is 6.22. The molecule has 0 spiro atoms. The van der Waals surface area contributed by atoms with Crippen molar-refractivity contribution in [3.8, 4) is 5.69 Å². The third kappa shape index (κ3) is 4.24. The summed E-state index contributed by atoms with van der Waals surface area (Å²) < 4.78 is 6.67. The van der Waals surface area contributed by atoms with E-state index in [1.165, 1.54) is 11.3 Å². The Morgan fingerprint density at radius 2 is 2.14 bits per heavy atom. The van der Waals surface area contributed by atoms with Gasteiger partial charge in [-0.3, -0.25) is 4.79 Å². The van der Waals surface area contributed by atoms with Crippen molar-refractivity contribution < 1.29 is 9.53 Å². The maximum atomic E-state index is 12.2. The number of carbonyl (C=O) groups excluding carboxylic acids is 1. The van der Waals surface area contributed by atoms with Crippen LogP contribution in [0.15, 0.2) is 54.2 Å². The lowest BCUT2D eigenvalue weighted by Gasteiger charge is -2.08. The summed E-state index contributed by atoms with van der Waals surface area (Å²) in [5.74, 6) is -0.131. The molecule has 0 atom stereocenters. The summed E-state index contributed by atoms with van der Waals surface area (Å²) in [7, 11) is 1.60. The highest BCUT2D eigenvalue weighted by Gasteiger charge is 2.13. The van der Waals surface area contributed by atoms with E-state index in [1.54, 1.807) is 30.3 Å². The van der Waals surface area contributed by atoms with E-state index in [-0.39, 0.29) is 5.91 Å². The Balaban J connectivity index is 1.55. The lowest BCUT2D eigenvalue weighted by atomic mass is 10.3. The number of para-hydroxylation sites is 1. The lowest BCUT2D eigenvalue weighted by Crippen LogP contribution is -2.26. The van der Waals surface area contributed by atoms with Crippen LogP contribution in [0.1, 0.15) is 9.67 Å². The minimum atomic E-state index is -0.131. The van der Waals surface area contributed by atoms with Crippen LogP contribution in [-0.2, 0) is 4.74 Å². The molecular formula is C20H18ClN5O2S. The normalized spacial score (nSPS) is 11.0. The summed E-state index contributed by atoms with van der Waals surface area (Å²) in [5, 5.41) is 13.9. The second kappa shape index (κ2) is 8.60. The van der Waals surface area contributed by atoms with Crippen LogP contribution in [0.4, 0.5) is 11.4 Å². The average Bonchev–Trinajstić information content (AvgIpc) is 3.36. The van der Waals surface area contributed by atoms with E-state index in [2.05, 4.69) is 20.7 Å². The molecule has 1 amide bonds. The molecule has 29 heavy (non-hydrogen) atoms. The molecule has 0 bridgehead atoms. The number of aromatic nitrogens is 3. The standard InChI is InChI=1S/C20H18ClN5O2S/c1-28-7-6-22-20(27)18-9-15(12-29-18)26-19-13(10-24-26)8-14(11-23-19)25-17-5-3-2-4-16(17)21/h2-5,8-12,25H,6-7H2,1H3,(H,22,27). The topological polar surface area (TPSA) is 81.1 Å².